The second-order valence-electron chi connectivity index (χ2n) is 6.39. The predicted octanol–water partition coefficient (Wildman–Crippen LogP) is 4.77. The number of furan rings is 1. The summed E-state index contributed by atoms with van der Waals surface area (Å²) in [6, 6.07) is 17.7. The lowest BCUT2D eigenvalue weighted by molar-refractivity contribution is -0.119. The number of imidazole rings is 1. The third kappa shape index (κ3) is 3.57. The van der Waals surface area contributed by atoms with Gasteiger partial charge in [0.15, 0.2) is 5.16 Å². The van der Waals surface area contributed by atoms with Crippen LogP contribution in [0.5, 0.6) is 0 Å². The van der Waals surface area contributed by atoms with Crippen LogP contribution in [-0.4, -0.2) is 21.2 Å². The molecule has 0 radical (unpaired) electrons. The van der Waals surface area contributed by atoms with E-state index in [0.29, 0.717) is 5.75 Å². The van der Waals surface area contributed by atoms with Crippen LogP contribution in [0.4, 0.5) is 0 Å². The summed E-state index contributed by atoms with van der Waals surface area (Å²) in [4.78, 5) is 17.1. The molecule has 4 aromatic rings. The van der Waals surface area contributed by atoms with Crippen LogP contribution < -0.4 is 5.32 Å². The molecular weight excluding hydrogens is 358 g/mol. The Morgan fingerprint density at radius 1 is 1.22 bits per heavy atom. The Labute approximate surface area is 161 Å². The zero-order chi connectivity index (χ0) is 18.8. The van der Waals surface area contributed by atoms with E-state index in [0.717, 1.165) is 39.5 Å². The smallest absolute Gasteiger partial charge is 0.231 e. The first-order valence-corrected chi connectivity index (χ1v) is 10.00. The minimum Gasteiger partial charge on any atom is -0.459 e. The average Bonchev–Trinajstić information content (AvgIpc) is 3.27. The Morgan fingerprint density at radius 3 is 2.81 bits per heavy atom. The van der Waals surface area contributed by atoms with Gasteiger partial charge in [-0.25, -0.2) is 4.98 Å². The van der Waals surface area contributed by atoms with Gasteiger partial charge >= 0.3 is 0 Å². The van der Waals surface area contributed by atoms with Gasteiger partial charge in [0.2, 0.25) is 5.91 Å². The summed E-state index contributed by atoms with van der Waals surface area (Å²) in [7, 11) is 0. The Kier molecular flexibility index (Phi) is 4.90. The molecule has 4 rings (SSSR count). The number of para-hydroxylation sites is 3. The lowest BCUT2D eigenvalue weighted by atomic mass is 10.2. The first kappa shape index (κ1) is 17.7. The molecule has 0 aliphatic rings. The van der Waals surface area contributed by atoms with Gasteiger partial charge in [-0.2, -0.15) is 0 Å². The van der Waals surface area contributed by atoms with E-state index in [4.69, 9.17) is 4.42 Å². The standard InChI is InChI=1S/C21H21N3O2S/c1-3-24-17-10-6-5-9-16(17)23-21(24)27-13-20(25)22-14(2)19-12-15-8-4-7-11-18(15)26-19/h4-12,14H,3,13H2,1-2H3,(H,22,25). The molecule has 27 heavy (non-hydrogen) atoms. The molecule has 0 saturated heterocycles. The summed E-state index contributed by atoms with van der Waals surface area (Å²) in [5.41, 5.74) is 2.89. The van der Waals surface area contributed by atoms with Crippen LogP contribution in [0, 0.1) is 0 Å². The van der Waals surface area contributed by atoms with Crippen molar-refractivity contribution >= 4 is 39.7 Å². The van der Waals surface area contributed by atoms with E-state index in [9.17, 15) is 4.79 Å². The number of rotatable bonds is 6. The first-order chi connectivity index (χ1) is 13.2. The van der Waals surface area contributed by atoms with Gasteiger partial charge < -0.3 is 14.3 Å². The second kappa shape index (κ2) is 7.48. The third-order valence-electron chi connectivity index (χ3n) is 4.52. The molecular formula is C21H21N3O2S. The number of thioether (sulfide) groups is 1. The van der Waals surface area contributed by atoms with Gasteiger partial charge in [0.25, 0.3) is 0 Å². The summed E-state index contributed by atoms with van der Waals surface area (Å²) in [5, 5.41) is 4.92. The maximum absolute atomic E-state index is 12.4. The fourth-order valence-corrected chi connectivity index (χ4v) is 4.06. The van der Waals surface area contributed by atoms with Crippen molar-refractivity contribution in [3.05, 3.63) is 60.4 Å². The number of aryl methyl sites for hydroxylation is 1. The van der Waals surface area contributed by atoms with E-state index in [-0.39, 0.29) is 11.9 Å². The van der Waals surface area contributed by atoms with E-state index in [1.165, 1.54) is 11.8 Å². The molecule has 1 amide bonds. The number of nitrogens with one attached hydrogen (secondary N) is 1. The van der Waals surface area contributed by atoms with E-state index < -0.39 is 0 Å². The molecule has 0 aliphatic carbocycles. The monoisotopic (exact) mass is 379 g/mol. The number of amides is 1. The molecule has 0 spiro atoms. The van der Waals surface area contributed by atoms with E-state index in [1.807, 2.05) is 55.5 Å². The molecule has 0 aliphatic heterocycles. The zero-order valence-corrected chi connectivity index (χ0v) is 16.1. The fourth-order valence-electron chi connectivity index (χ4n) is 3.17. The third-order valence-corrected chi connectivity index (χ3v) is 5.49. The van der Waals surface area contributed by atoms with E-state index in [1.54, 1.807) is 0 Å². The topological polar surface area (TPSA) is 60.1 Å². The van der Waals surface area contributed by atoms with Crippen LogP contribution in [0.25, 0.3) is 22.0 Å². The summed E-state index contributed by atoms with van der Waals surface area (Å²) >= 11 is 1.46. The minimum atomic E-state index is -0.185. The fraction of sp³-hybridized carbons (Fsp3) is 0.238. The summed E-state index contributed by atoms with van der Waals surface area (Å²) in [6.45, 7) is 4.84. The number of carbonyl (C=O) groups excluding carboxylic acids is 1. The molecule has 6 heteroatoms. The average molecular weight is 379 g/mol. The molecule has 1 unspecified atom stereocenters. The SMILES string of the molecule is CCn1c(SCC(=O)NC(C)c2cc3ccccc3o2)nc2ccccc21. The largest absolute Gasteiger partial charge is 0.459 e. The number of aromatic nitrogens is 2. The first-order valence-electron chi connectivity index (χ1n) is 9.01. The highest BCUT2D eigenvalue weighted by atomic mass is 32.2. The van der Waals surface area contributed by atoms with Crippen molar-refractivity contribution in [3.8, 4) is 0 Å². The lowest BCUT2D eigenvalue weighted by Crippen LogP contribution is -2.28. The van der Waals surface area contributed by atoms with Crippen molar-refractivity contribution < 1.29 is 9.21 Å². The molecule has 0 fully saturated rings. The van der Waals surface area contributed by atoms with Crippen molar-refractivity contribution in [2.24, 2.45) is 0 Å². The Balaban J connectivity index is 1.42. The van der Waals surface area contributed by atoms with Gasteiger partial charge in [-0.1, -0.05) is 42.1 Å². The number of nitrogens with zero attached hydrogens (tertiary/aromatic N) is 2. The van der Waals surface area contributed by atoms with Crippen LogP contribution >= 0.6 is 11.8 Å². The van der Waals surface area contributed by atoms with Crippen LogP contribution in [-0.2, 0) is 11.3 Å². The predicted molar refractivity (Wildman–Crippen MR) is 109 cm³/mol. The molecule has 0 bridgehead atoms. The number of hydrogen-bond donors (Lipinski definition) is 1. The number of carbonyl (C=O) groups is 1. The Hall–Kier alpha value is -2.73. The molecule has 2 aromatic carbocycles. The van der Waals surface area contributed by atoms with Crippen LogP contribution in [0.3, 0.4) is 0 Å². The van der Waals surface area contributed by atoms with Gasteiger partial charge in [-0.05, 0) is 38.1 Å². The van der Waals surface area contributed by atoms with Crippen LogP contribution in [0.1, 0.15) is 25.6 Å². The Morgan fingerprint density at radius 2 is 2.00 bits per heavy atom. The Bertz CT molecular complexity index is 1070. The molecule has 2 heterocycles. The minimum absolute atomic E-state index is 0.0392. The molecule has 2 aromatic heterocycles. The van der Waals surface area contributed by atoms with E-state index in [2.05, 4.69) is 27.9 Å². The lowest BCUT2D eigenvalue weighted by Gasteiger charge is -2.11. The van der Waals surface area contributed by atoms with Crippen LogP contribution in [0.2, 0.25) is 0 Å². The maximum atomic E-state index is 12.4. The van der Waals surface area contributed by atoms with Gasteiger partial charge in [-0.15, -0.1) is 0 Å². The van der Waals surface area contributed by atoms with Crippen molar-refractivity contribution in [1.29, 1.82) is 0 Å². The number of fused-ring (bicyclic) bond motifs is 2. The zero-order valence-electron chi connectivity index (χ0n) is 15.3. The normalized spacial score (nSPS) is 12.5. The van der Waals surface area contributed by atoms with Crippen molar-refractivity contribution in [3.63, 3.8) is 0 Å². The highest BCUT2D eigenvalue weighted by molar-refractivity contribution is 7.99. The van der Waals surface area contributed by atoms with Gasteiger partial charge in [-0.3, -0.25) is 4.79 Å². The molecule has 5 nitrogen and oxygen atoms in total. The molecule has 138 valence electrons. The van der Waals surface area contributed by atoms with Crippen molar-refractivity contribution in [2.75, 3.05) is 5.75 Å². The van der Waals surface area contributed by atoms with Gasteiger partial charge in [0.1, 0.15) is 11.3 Å². The van der Waals surface area contributed by atoms with Gasteiger partial charge in [0.05, 0.1) is 22.8 Å². The molecule has 1 atom stereocenters. The summed E-state index contributed by atoms with van der Waals surface area (Å²) in [5.74, 6) is 1.03. The quantitative estimate of drug-likeness (QED) is 0.490. The second-order valence-corrected chi connectivity index (χ2v) is 7.33. The maximum Gasteiger partial charge on any atom is 0.231 e. The molecule has 0 saturated carbocycles. The molecule has 1 N–H and O–H groups in total. The van der Waals surface area contributed by atoms with Gasteiger partial charge in [0, 0.05) is 11.9 Å². The number of hydrogen-bond acceptors (Lipinski definition) is 4. The van der Waals surface area contributed by atoms with Crippen LogP contribution in [0.15, 0.2) is 64.2 Å². The van der Waals surface area contributed by atoms with Crippen molar-refractivity contribution in [1.82, 2.24) is 14.9 Å². The highest BCUT2D eigenvalue weighted by Crippen LogP contribution is 2.25. The summed E-state index contributed by atoms with van der Waals surface area (Å²) in [6.07, 6.45) is 0. The summed E-state index contributed by atoms with van der Waals surface area (Å²) < 4.78 is 7.97. The van der Waals surface area contributed by atoms with E-state index >= 15 is 0 Å². The van der Waals surface area contributed by atoms with Crippen molar-refractivity contribution in [2.45, 2.75) is 31.6 Å². The highest BCUT2D eigenvalue weighted by Gasteiger charge is 2.16. The number of benzene rings is 2.